The number of rotatable bonds is 8. The highest BCUT2D eigenvalue weighted by Crippen LogP contribution is 2.33. The summed E-state index contributed by atoms with van der Waals surface area (Å²) in [4.78, 5) is 36.0. The largest absolute Gasteiger partial charge is 0.508 e. The van der Waals surface area contributed by atoms with E-state index in [1.807, 2.05) is 0 Å². The van der Waals surface area contributed by atoms with Crippen molar-refractivity contribution in [3.63, 3.8) is 0 Å². The van der Waals surface area contributed by atoms with Gasteiger partial charge in [0.1, 0.15) is 12.4 Å². The lowest BCUT2D eigenvalue weighted by molar-refractivity contribution is -0.169. The van der Waals surface area contributed by atoms with Crippen LogP contribution < -0.4 is 0 Å². The van der Waals surface area contributed by atoms with Gasteiger partial charge in [0.25, 0.3) is 0 Å². The first-order valence-corrected chi connectivity index (χ1v) is 8.11. The number of benzene rings is 1. The topological polar surface area (TPSA) is 108 Å². The van der Waals surface area contributed by atoms with E-state index in [9.17, 15) is 19.5 Å². The summed E-state index contributed by atoms with van der Waals surface area (Å²) in [5, 5.41) is 9.57. The monoisotopic (exact) mass is 380 g/mol. The van der Waals surface area contributed by atoms with Gasteiger partial charge < -0.3 is 24.1 Å². The number of carbonyl (C=O) groups is 3. The van der Waals surface area contributed by atoms with E-state index in [1.165, 1.54) is 45.6 Å². The molecule has 8 nitrogen and oxygen atoms in total. The van der Waals surface area contributed by atoms with Crippen molar-refractivity contribution in [1.82, 2.24) is 0 Å². The minimum absolute atomic E-state index is 0.0145. The highest BCUT2D eigenvalue weighted by molar-refractivity contribution is 6.00. The van der Waals surface area contributed by atoms with Gasteiger partial charge in [-0.25, -0.2) is 4.79 Å². The van der Waals surface area contributed by atoms with Crippen molar-refractivity contribution < 1.29 is 38.4 Å². The zero-order chi connectivity index (χ0) is 20.4. The van der Waals surface area contributed by atoms with Crippen LogP contribution in [0.15, 0.2) is 30.4 Å². The fourth-order valence-electron chi connectivity index (χ4n) is 2.59. The van der Waals surface area contributed by atoms with Crippen molar-refractivity contribution in [2.24, 2.45) is 5.41 Å². The molecule has 0 heterocycles. The van der Waals surface area contributed by atoms with Gasteiger partial charge in [0.05, 0.1) is 21.3 Å². The molecule has 1 rings (SSSR count). The molecular weight excluding hydrogens is 356 g/mol. The molecule has 0 atom stereocenters. The van der Waals surface area contributed by atoms with Crippen LogP contribution in [-0.4, -0.2) is 51.1 Å². The number of hydrogen-bond donors (Lipinski definition) is 1. The smallest absolute Gasteiger partial charge is 0.508 e. The van der Waals surface area contributed by atoms with E-state index in [4.69, 9.17) is 14.2 Å². The Morgan fingerprint density at radius 2 is 1.67 bits per heavy atom. The average molecular weight is 380 g/mol. The summed E-state index contributed by atoms with van der Waals surface area (Å²) in [6, 6.07) is 4.64. The van der Waals surface area contributed by atoms with Gasteiger partial charge in [0.2, 0.25) is 0 Å². The van der Waals surface area contributed by atoms with Crippen molar-refractivity contribution >= 4 is 18.1 Å². The molecule has 0 amide bonds. The predicted octanol–water partition coefficient (Wildman–Crippen LogP) is 2.30. The van der Waals surface area contributed by atoms with E-state index in [0.29, 0.717) is 11.1 Å². The number of aromatic hydroxyl groups is 1. The summed E-state index contributed by atoms with van der Waals surface area (Å²) in [5.41, 5.74) is -0.222. The van der Waals surface area contributed by atoms with E-state index in [1.54, 1.807) is 13.0 Å². The molecule has 148 valence electrons. The minimum Gasteiger partial charge on any atom is -0.508 e. The van der Waals surface area contributed by atoms with E-state index in [0.717, 1.165) is 0 Å². The first-order chi connectivity index (χ1) is 12.8. The Balaban J connectivity index is 3.13. The second kappa shape index (κ2) is 10.2. The number of ether oxygens (including phenoxy) is 4. The van der Waals surface area contributed by atoms with Crippen LogP contribution in [0.25, 0.3) is 0 Å². The second-order valence-corrected chi connectivity index (χ2v) is 5.79. The molecule has 0 aliphatic carbocycles. The Bertz CT molecular complexity index is 692. The van der Waals surface area contributed by atoms with Crippen LogP contribution in [-0.2, 0) is 35.0 Å². The Morgan fingerprint density at radius 1 is 1.04 bits per heavy atom. The third-order valence-electron chi connectivity index (χ3n) is 4.07. The van der Waals surface area contributed by atoms with Crippen LogP contribution in [0, 0.1) is 12.3 Å². The van der Waals surface area contributed by atoms with Crippen LogP contribution in [0.1, 0.15) is 17.5 Å². The summed E-state index contributed by atoms with van der Waals surface area (Å²) in [5.74, 6) is -1.42. The summed E-state index contributed by atoms with van der Waals surface area (Å²) >= 11 is 0. The predicted molar refractivity (Wildman–Crippen MR) is 95.1 cm³/mol. The second-order valence-electron chi connectivity index (χ2n) is 5.79. The normalized spacial score (nSPS) is 11.1. The third-order valence-corrected chi connectivity index (χ3v) is 4.07. The number of allylic oxidation sites excluding steroid dienone is 1. The van der Waals surface area contributed by atoms with Crippen molar-refractivity contribution in [1.29, 1.82) is 0 Å². The minimum atomic E-state index is -1.62. The number of phenolic OH excluding ortho intramolecular Hbond substituents is 1. The van der Waals surface area contributed by atoms with Crippen molar-refractivity contribution in [3.05, 3.63) is 41.5 Å². The highest BCUT2D eigenvalue weighted by atomic mass is 16.7. The Labute approximate surface area is 157 Å². The van der Waals surface area contributed by atoms with Gasteiger partial charge in [-0.15, -0.1) is 0 Å². The maximum Gasteiger partial charge on any atom is 0.508 e. The van der Waals surface area contributed by atoms with Crippen LogP contribution in [0.4, 0.5) is 4.79 Å². The lowest BCUT2D eigenvalue weighted by atomic mass is 9.77. The number of phenols is 1. The summed E-state index contributed by atoms with van der Waals surface area (Å²) in [6.45, 7) is 1.68. The number of carbonyl (C=O) groups excluding carboxylic acids is 3. The summed E-state index contributed by atoms with van der Waals surface area (Å²) in [7, 11) is 3.56. The molecule has 1 N–H and O–H groups in total. The quantitative estimate of drug-likeness (QED) is 0.317. The zero-order valence-electron chi connectivity index (χ0n) is 15.8. The third kappa shape index (κ3) is 5.73. The number of esters is 2. The van der Waals surface area contributed by atoms with E-state index >= 15 is 0 Å². The molecule has 0 aliphatic rings. The lowest BCUT2D eigenvalue weighted by Gasteiger charge is -2.28. The molecule has 0 radical (unpaired) electrons. The fraction of sp³-hybridized carbons (Fsp3) is 0.421. The Kier molecular flexibility index (Phi) is 8.32. The van der Waals surface area contributed by atoms with Gasteiger partial charge in [-0.2, -0.15) is 0 Å². The summed E-state index contributed by atoms with van der Waals surface area (Å²) in [6.07, 6.45) is 2.16. The molecule has 0 aromatic heterocycles. The van der Waals surface area contributed by atoms with Crippen molar-refractivity contribution in [2.75, 3.05) is 27.9 Å². The van der Waals surface area contributed by atoms with Gasteiger partial charge in [0, 0.05) is 0 Å². The van der Waals surface area contributed by atoms with Gasteiger partial charge in [-0.05, 0) is 43.0 Å². The molecule has 1 aromatic carbocycles. The maximum atomic E-state index is 12.5. The first-order valence-electron chi connectivity index (χ1n) is 8.11. The molecule has 1 aromatic rings. The molecule has 0 unspecified atom stereocenters. The number of aryl methyl sites for hydroxylation is 1. The van der Waals surface area contributed by atoms with E-state index < -0.39 is 23.5 Å². The molecule has 8 heteroatoms. The van der Waals surface area contributed by atoms with Gasteiger partial charge in [0.15, 0.2) is 5.41 Å². The fourth-order valence-corrected chi connectivity index (χ4v) is 2.59. The molecule has 27 heavy (non-hydrogen) atoms. The van der Waals surface area contributed by atoms with Crippen molar-refractivity contribution in [2.45, 2.75) is 19.8 Å². The highest BCUT2D eigenvalue weighted by Gasteiger charge is 2.47. The Morgan fingerprint density at radius 3 is 2.19 bits per heavy atom. The number of methoxy groups -OCH3 is 3. The van der Waals surface area contributed by atoms with Crippen LogP contribution in [0.5, 0.6) is 5.75 Å². The van der Waals surface area contributed by atoms with Crippen LogP contribution >= 0.6 is 0 Å². The van der Waals surface area contributed by atoms with E-state index in [-0.39, 0.29) is 25.2 Å². The molecule has 0 spiro atoms. The van der Waals surface area contributed by atoms with Gasteiger partial charge >= 0.3 is 18.1 Å². The average Bonchev–Trinajstić information content (AvgIpc) is 2.66. The van der Waals surface area contributed by atoms with E-state index in [2.05, 4.69) is 4.74 Å². The first kappa shape index (κ1) is 22.0. The molecule has 0 fully saturated rings. The van der Waals surface area contributed by atoms with Gasteiger partial charge in [-0.1, -0.05) is 18.2 Å². The standard InChI is InChI=1S/C19H24O8/c1-13-11-15(20)8-7-14(13)12-19(16(21)24-2,17(22)25-3)9-5-6-10-27-18(23)26-4/h5-8,11,20H,9-10,12H2,1-4H3/b6-5-. The zero-order valence-corrected chi connectivity index (χ0v) is 15.8. The Hall–Kier alpha value is -3.03. The lowest BCUT2D eigenvalue weighted by Crippen LogP contribution is -2.43. The molecule has 0 bridgehead atoms. The van der Waals surface area contributed by atoms with Crippen LogP contribution in [0.3, 0.4) is 0 Å². The number of hydrogen-bond acceptors (Lipinski definition) is 8. The maximum absolute atomic E-state index is 12.5. The molecular formula is C19H24O8. The SMILES string of the molecule is COC(=O)OC/C=C\CC(Cc1ccc(O)cc1C)(C(=O)OC)C(=O)OC. The molecule has 0 saturated carbocycles. The van der Waals surface area contributed by atoms with Crippen LogP contribution in [0.2, 0.25) is 0 Å². The van der Waals surface area contributed by atoms with Gasteiger partial charge in [-0.3, -0.25) is 9.59 Å². The molecule has 0 aliphatic heterocycles. The molecule has 0 saturated heterocycles. The summed E-state index contributed by atoms with van der Waals surface area (Å²) < 4.78 is 18.8. The van der Waals surface area contributed by atoms with Crippen molar-refractivity contribution in [3.8, 4) is 5.75 Å².